The molecule has 0 aliphatic carbocycles. The smallest absolute Gasteiger partial charge is 0.255 e. The summed E-state index contributed by atoms with van der Waals surface area (Å²) in [7, 11) is 0. The zero-order chi connectivity index (χ0) is 21.0. The van der Waals surface area contributed by atoms with Crippen LogP contribution in [0, 0.1) is 12.8 Å². The average Bonchev–Trinajstić information content (AvgIpc) is 2.80. The standard InChI is InChI=1S/C25H32N2O2/c1-18(2)14-16-26-24(29)25(4)15-13-21-7-5-6-8-22(21)23(28)27(25)17-20-11-9-19(3)10-12-20/h5-12,18H,13-17H2,1-4H3,(H,26,29). The summed E-state index contributed by atoms with van der Waals surface area (Å²) in [5.74, 6) is 0.387. The van der Waals surface area contributed by atoms with Crippen molar-refractivity contribution >= 4 is 11.8 Å². The lowest BCUT2D eigenvalue weighted by Crippen LogP contribution is -2.58. The molecule has 0 radical (unpaired) electrons. The minimum absolute atomic E-state index is 0.0635. The number of nitrogens with zero attached hydrogens (tertiary/aromatic N) is 1. The van der Waals surface area contributed by atoms with Gasteiger partial charge in [-0.2, -0.15) is 0 Å². The van der Waals surface area contributed by atoms with Gasteiger partial charge in [0.25, 0.3) is 5.91 Å². The highest BCUT2D eigenvalue weighted by atomic mass is 16.2. The van der Waals surface area contributed by atoms with Crippen LogP contribution in [0.25, 0.3) is 0 Å². The van der Waals surface area contributed by atoms with Gasteiger partial charge in [0, 0.05) is 18.7 Å². The Kier molecular flexibility index (Phi) is 6.41. The number of rotatable bonds is 6. The monoisotopic (exact) mass is 392 g/mol. The molecule has 2 aromatic carbocycles. The molecule has 0 aromatic heterocycles. The van der Waals surface area contributed by atoms with Crippen molar-refractivity contribution < 1.29 is 9.59 Å². The Labute approximate surface area is 174 Å². The Balaban J connectivity index is 1.94. The molecule has 154 valence electrons. The molecule has 2 aromatic rings. The summed E-state index contributed by atoms with van der Waals surface area (Å²) in [4.78, 5) is 28.6. The van der Waals surface area contributed by atoms with Crippen LogP contribution in [0.1, 0.15) is 60.7 Å². The molecule has 0 saturated heterocycles. The van der Waals surface area contributed by atoms with Crippen LogP contribution in [-0.4, -0.2) is 28.8 Å². The van der Waals surface area contributed by atoms with Crippen molar-refractivity contribution in [3.05, 3.63) is 70.8 Å². The van der Waals surface area contributed by atoms with Crippen molar-refractivity contribution in [2.45, 2.75) is 59.0 Å². The minimum Gasteiger partial charge on any atom is -0.354 e. The number of fused-ring (bicyclic) bond motifs is 1. The van der Waals surface area contributed by atoms with Crippen molar-refractivity contribution in [3.8, 4) is 0 Å². The van der Waals surface area contributed by atoms with Gasteiger partial charge in [0.1, 0.15) is 5.54 Å². The molecule has 4 heteroatoms. The molecular formula is C25H32N2O2. The predicted octanol–water partition coefficient (Wildman–Crippen LogP) is 4.50. The average molecular weight is 393 g/mol. The van der Waals surface area contributed by atoms with E-state index in [0.29, 0.717) is 37.4 Å². The van der Waals surface area contributed by atoms with Gasteiger partial charge in [0.2, 0.25) is 5.91 Å². The van der Waals surface area contributed by atoms with Gasteiger partial charge in [-0.15, -0.1) is 0 Å². The van der Waals surface area contributed by atoms with E-state index in [2.05, 4.69) is 19.2 Å². The lowest BCUT2D eigenvalue weighted by Gasteiger charge is -2.39. The number of nitrogens with one attached hydrogen (secondary N) is 1. The third-order valence-electron chi connectivity index (χ3n) is 5.93. The van der Waals surface area contributed by atoms with Gasteiger partial charge in [-0.05, 0) is 56.2 Å². The molecular weight excluding hydrogens is 360 g/mol. The summed E-state index contributed by atoms with van der Waals surface area (Å²) in [6.45, 7) is 9.29. The van der Waals surface area contributed by atoms with E-state index in [1.54, 1.807) is 4.90 Å². The zero-order valence-corrected chi connectivity index (χ0v) is 18.0. The maximum absolute atomic E-state index is 13.6. The second-order valence-corrected chi connectivity index (χ2v) is 8.75. The largest absolute Gasteiger partial charge is 0.354 e. The number of aryl methyl sites for hydroxylation is 2. The van der Waals surface area contributed by atoms with Crippen molar-refractivity contribution in [1.29, 1.82) is 0 Å². The van der Waals surface area contributed by atoms with Crippen molar-refractivity contribution in [1.82, 2.24) is 10.2 Å². The fourth-order valence-electron chi connectivity index (χ4n) is 3.85. The Morgan fingerprint density at radius 2 is 1.83 bits per heavy atom. The summed E-state index contributed by atoms with van der Waals surface area (Å²) in [6, 6.07) is 15.9. The minimum atomic E-state index is -0.891. The van der Waals surface area contributed by atoms with Crippen LogP contribution >= 0.6 is 0 Å². The van der Waals surface area contributed by atoms with Gasteiger partial charge in [0.15, 0.2) is 0 Å². The topological polar surface area (TPSA) is 49.4 Å². The van der Waals surface area contributed by atoms with Crippen LogP contribution in [0.5, 0.6) is 0 Å². The molecule has 29 heavy (non-hydrogen) atoms. The molecule has 0 fully saturated rings. The number of hydrogen-bond donors (Lipinski definition) is 1. The molecule has 1 heterocycles. The Morgan fingerprint density at radius 1 is 1.14 bits per heavy atom. The first-order valence-corrected chi connectivity index (χ1v) is 10.5. The first-order valence-electron chi connectivity index (χ1n) is 10.5. The van der Waals surface area contributed by atoms with Gasteiger partial charge in [-0.25, -0.2) is 0 Å². The molecule has 3 rings (SSSR count). The Hall–Kier alpha value is -2.62. The second kappa shape index (κ2) is 8.81. The SMILES string of the molecule is Cc1ccc(CN2C(=O)c3ccccc3CCC2(C)C(=O)NCCC(C)C)cc1. The van der Waals surface area contributed by atoms with Crippen molar-refractivity contribution in [3.63, 3.8) is 0 Å². The van der Waals surface area contributed by atoms with Gasteiger partial charge >= 0.3 is 0 Å². The maximum atomic E-state index is 13.6. The Morgan fingerprint density at radius 3 is 2.52 bits per heavy atom. The number of benzene rings is 2. The van der Waals surface area contributed by atoms with Gasteiger partial charge in [-0.1, -0.05) is 61.9 Å². The van der Waals surface area contributed by atoms with E-state index in [-0.39, 0.29) is 11.8 Å². The lowest BCUT2D eigenvalue weighted by atomic mass is 9.91. The summed E-state index contributed by atoms with van der Waals surface area (Å²) < 4.78 is 0. The fraction of sp³-hybridized carbons (Fsp3) is 0.440. The fourth-order valence-corrected chi connectivity index (χ4v) is 3.85. The summed E-state index contributed by atoms with van der Waals surface area (Å²) in [5.41, 5.74) is 3.04. The summed E-state index contributed by atoms with van der Waals surface area (Å²) >= 11 is 0. The molecule has 1 atom stereocenters. The normalized spacial score (nSPS) is 19.1. The van der Waals surface area contributed by atoms with Gasteiger partial charge in [0.05, 0.1) is 0 Å². The molecule has 4 nitrogen and oxygen atoms in total. The highest BCUT2D eigenvalue weighted by Crippen LogP contribution is 2.32. The van der Waals surface area contributed by atoms with E-state index >= 15 is 0 Å². The van der Waals surface area contributed by atoms with E-state index in [0.717, 1.165) is 17.5 Å². The second-order valence-electron chi connectivity index (χ2n) is 8.75. The first-order chi connectivity index (χ1) is 13.8. The predicted molar refractivity (Wildman–Crippen MR) is 117 cm³/mol. The molecule has 1 aliphatic heterocycles. The molecule has 0 saturated carbocycles. The first kappa shape index (κ1) is 21.1. The Bertz CT molecular complexity index is 873. The summed E-state index contributed by atoms with van der Waals surface area (Å²) in [5, 5.41) is 3.09. The van der Waals surface area contributed by atoms with Crippen LogP contribution in [-0.2, 0) is 17.8 Å². The quantitative estimate of drug-likeness (QED) is 0.787. The number of hydrogen-bond acceptors (Lipinski definition) is 2. The highest BCUT2D eigenvalue weighted by molar-refractivity contribution is 6.00. The molecule has 1 unspecified atom stereocenters. The van der Waals surface area contributed by atoms with E-state index in [1.165, 1.54) is 5.56 Å². The molecule has 2 amide bonds. The van der Waals surface area contributed by atoms with E-state index < -0.39 is 5.54 Å². The van der Waals surface area contributed by atoms with Crippen LogP contribution < -0.4 is 5.32 Å². The molecule has 0 spiro atoms. The van der Waals surface area contributed by atoms with Crippen LogP contribution in [0.4, 0.5) is 0 Å². The summed E-state index contributed by atoms with van der Waals surface area (Å²) in [6.07, 6.45) is 2.24. The van der Waals surface area contributed by atoms with Crippen LogP contribution in [0.2, 0.25) is 0 Å². The zero-order valence-electron chi connectivity index (χ0n) is 18.0. The maximum Gasteiger partial charge on any atom is 0.255 e. The number of amides is 2. The van der Waals surface area contributed by atoms with Crippen LogP contribution in [0.15, 0.2) is 48.5 Å². The lowest BCUT2D eigenvalue weighted by molar-refractivity contribution is -0.132. The van der Waals surface area contributed by atoms with Gasteiger partial charge in [-0.3, -0.25) is 9.59 Å². The highest BCUT2D eigenvalue weighted by Gasteiger charge is 2.44. The van der Waals surface area contributed by atoms with E-state index in [4.69, 9.17) is 0 Å². The van der Waals surface area contributed by atoms with Crippen molar-refractivity contribution in [2.24, 2.45) is 5.92 Å². The van der Waals surface area contributed by atoms with E-state index in [1.807, 2.05) is 62.4 Å². The third-order valence-corrected chi connectivity index (χ3v) is 5.93. The van der Waals surface area contributed by atoms with E-state index in [9.17, 15) is 9.59 Å². The molecule has 1 N–H and O–H groups in total. The number of carbonyl (C=O) groups is 2. The molecule has 0 bridgehead atoms. The van der Waals surface area contributed by atoms with Crippen LogP contribution in [0.3, 0.4) is 0 Å². The number of carbonyl (C=O) groups excluding carboxylic acids is 2. The molecule has 1 aliphatic rings. The third kappa shape index (κ3) is 4.69. The van der Waals surface area contributed by atoms with Crippen molar-refractivity contribution in [2.75, 3.05) is 6.54 Å². The van der Waals surface area contributed by atoms with Gasteiger partial charge < -0.3 is 10.2 Å².